The van der Waals surface area contributed by atoms with Crippen molar-refractivity contribution >= 4 is 34.2 Å². The van der Waals surface area contributed by atoms with E-state index in [2.05, 4.69) is 10.4 Å². The van der Waals surface area contributed by atoms with Gasteiger partial charge in [-0.05, 0) is 44.2 Å². The van der Waals surface area contributed by atoms with Gasteiger partial charge in [-0.3, -0.25) is 4.79 Å². The number of thiophene rings is 1. The summed E-state index contributed by atoms with van der Waals surface area (Å²) in [5.41, 5.74) is 1.47. The first kappa shape index (κ1) is 19.1. The lowest BCUT2D eigenvalue weighted by molar-refractivity contribution is -0.140. The number of amides is 1. The normalized spacial score (nSPS) is 14.7. The van der Waals surface area contributed by atoms with Gasteiger partial charge in [0.25, 0.3) is 5.91 Å². The monoisotopic (exact) mass is 391 g/mol. The second-order valence-electron chi connectivity index (χ2n) is 6.39. The summed E-state index contributed by atoms with van der Waals surface area (Å²) in [6.45, 7) is 1.44. The molecule has 0 radical (unpaired) electrons. The van der Waals surface area contributed by atoms with E-state index < -0.39 is 23.9 Å². The van der Waals surface area contributed by atoms with Gasteiger partial charge in [0.2, 0.25) is 0 Å². The summed E-state index contributed by atoms with van der Waals surface area (Å²) >= 11 is 1.39. The van der Waals surface area contributed by atoms with Gasteiger partial charge in [0.05, 0.1) is 12.7 Å². The lowest BCUT2D eigenvalue weighted by Gasteiger charge is -2.12. The lowest BCUT2D eigenvalue weighted by Crippen LogP contribution is -2.24. The van der Waals surface area contributed by atoms with Crippen LogP contribution in [0.3, 0.4) is 0 Å². The number of hydrogen-bond donors (Lipinski definition) is 2. The molecule has 144 valence electrons. The number of ether oxygens (including phenoxy) is 1. The maximum atomic E-state index is 12.8. The number of carbonyl (C=O) groups excluding carboxylic acids is 2. The van der Waals surface area contributed by atoms with Crippen LogP contribution in [-0.4, -0.2) is 39.8 Å². The molecule has 27 heavy (non-hydrogen) atoms. The van der Waals surface area contributed by atoms with Gasteiger partial charge in [-0.2, -0.15) is 5.10 Å². The fraction of sp³-hybridized carbons (Fsp3) is 0.444. The van der Waals surface area contributed by atoms with E-state index in [1.807, 2.05) is 0 Å². The molecule has 0 saturated carbocycles. The summed E-state index contributed by atoms with van der Waals surface area (Å²) in [7, 11) is 1.32. The number of aromatic nitrogens is 2. The zero-order valence-corrected chi connectivity index (χ0v) is 16.0. The second-order valence-corrected chi connectivity index (χ2v) is 7.49. The third kappa shape index (κ3) is 3.73. The minimum Gasteiger partial charge on any atom is -0.480 e. The van der Waals surface area contributed by atoms with Crippen molar-refractivity contribution in [3.8, 4) is 0 Å². The number of esters is 1. The number of nitrogens with zero attached hydrogens (tertiary/aromatic N) is 2. The van der Waals surface area contributed by atoms with Crippen molar-refractivity contribution in [2.75, 3.05) is 12.4 Å². The van der Waals surface area contributed by atoms with Gasteiger partial charge in [-0.1, -0.05) is 6.42 Å². The third-order valence-corrected chi connectivity index (χ3v) is 5.87. The molecule has 1 atom stereocenters. The van der Waals surface area contributed by atoms with Crippen LogP contribution < -0.4 is 5.32 Å². The van der Waals surface area contributed by atoms with Crippen LogP contribution in [-0.2, 0) is 22.4 Å². The Kier molecular flexibility index (Phi) is 5.59. The highest BCUT2D eigenvalue weighted by Gasteiger charge is 2.28. The second kappa shape index (κ2) is 7.91. The van der Waals surface area contributed by atoms with Crippen LogP contribution in [0.25, 0.3) is 0 Å². The SMILES string of the molecule is COC(=O)c1c(NC(=O)c2ccnn2C(C)C(=O)O)sc2c1CCCCC2. The zero-order chi connectivity index (χ0) is 19.6. The molecule has 3 rings (SSSR count). The fourth-order valence-corrected chi connectivity index (χ4v) is 4.50. The van der Waals surface area contributed by atoms with Crippen LogP contribution in [0.4, 0.5) is 5.00 Å². The third-order valence-electron chi connectivity index (χ3n) is 4.67. The Hall–Kier alpha value is -2.68. The van der Waals surface area contributed by atoms with Gasteiger partial charge < -0.3 is 15.2 Å². The van der Waals surface area contributed by atoms with E-state index in [0.29, 0.717) is 10.6 Å². The van der Waals surface area contributed by atoms with Gasteiger partial charge in [0.15, 0.2) is 0 Å². The van der Waals surface area contributed by atoms with Crippen LogP contribution in [0.5, 0.6) is 0 Å². The van der Waals surface area contributed by atoms with Crippen LogP contribution in [0, 0.1) is 0 Å². The number of carbonyl (C=O) groups is 3. The molecule has 1 unspecified atom stereocenters. The fourth-order valence-electron chi connectivity index (χ4n) is 3.22. The number of nitrogens with one attached hydrogen (secondary N) is 1. The van der Waals surface area contributed by atoms with Crippen molar-refractivity contribution in [2.24, 2.45) is 0 Å². The number of anilines is 1. The Balaban J connectivity index is 1.94. The number of aliphatic carboxylic acids is 1. The quantitative estimate of drug-likeness (QED) is 0.599. The number of carboxylic acid groups (broad SMARTS) is 1. The smallest absolute Gasteiger partial charge is 0.341 e. The largest absolute Gasteiger partial charge is 0.480 e. The number of aryl methyl sites for hydroxylation is 1. The molecule has 1 aliphatic carbocycles. The number of methoxy groups -OCH3 is 1. The van der Waals surface area contributed by atoms with E-state index >= 15 is 0 Å². The molecule has 0 fully saturated rings. The number of fused-ring (bicyclic) bond motifs is 1. The first-order chi connectivity index (χ1) is 12.9. The van der Waals surface area contributed by atoms with Crippen LogP contribution in [0.15, 0.2) is 12.3 Å². The Morgan fingerprint density at radius 1 is 1.30 bits per heavy atom. The van der Waals surface area contributed by atoms with E-state index in [1.54, 1.807) is 0 Å². The molecule has 1 amide bonds. The van der Waals surface area contributed by atoms with Crippen molar-refractivity contribution in [2.45, 2.75) is 45.1 Å². The van der Waals surface area contributed by atoms with Gasteiger partial charge in [0, 0.05) is 11.1 Å². The molecule has 0 bridgehead atoms. The number of carboxylic acids is 1. The summed E-state index contributed by atoms with van der Waals surface area (Å²) < 4.78 is 6.08. The van der Waals surface area contributed by atoms with Gasteiger partial charge in [-0.15, -0.1) is 11.3 Å². The minimum absolute atomic E-state index is 0.115. The molecular formula is C18H21N3O5S. The van der Waals surface area contributed by atoms with E-state index in [9.17, 15) is 19.5 Å². The highest BCUT2D eigenvalue weighted by molar-refractivity contribution is 7.17. The van der Waals surface area contributed by atoms with E-state index in [1.165, 1.54) is 37.6 Å². The molecule has 0 spiro atoms. The standard InChI is InChI=1S/C18H21N3O5S/c1-10(17(23)24)21-12(8-9-19-21)15(22)20-16-14(18(25)26-2)11-6-4-3-5-7-13(11)27-16/h8-10H,3-7H2,1-2H3,(H,20,22)(H,23,24). The molecule has 2 heterocycles. The van der Waals surface area contributed by atoms with E-state index in [4.69, 9.17) is 4.74 Å². The van der Waals surface area contributed by atoms with Gasteiger partial charge in [0.1, 0.15) is 16.7 Å². The van der Waals surface area contributed by atoms with E-state index in [0.717, 1.165) is 47.2 Å². The summed E-state index contributed by atoms with van der Waals surface area (Å²) in [5, 5.41) is 16.3. The van der Waals surface area contributed by atoms with Crippen molar-refractivity contribution in [3.63, 3.8) is 0 Å². The van der Waals surface area contributed by atoms with Crippen LogP contribution >= 0.6 is 11.3 Å². The Morgan fingerprint density at radius 3 is 2.74 bits per heavy atom. The lowest BCUT2D eigenvalue weighted by atomic mass is 10.1. The van der Waals surface area contributed by atoms with Gasteiger partial charge >= 0.3 is 11.9 Å². The highest BCUT2D eigenvalue weighted by atomic mass is 32.1. The molecule has 2 aromatic heterocycles. The first-order valence-corrected chi connectivity index (χ1v) is 9.56. The topological polar surface area (TPSA) is 111 Å². The summed E-state index contributed by atoms with van der Waals surface area (Å²) in [4.78, 5) is 37.4. The van der Waals surface area contributed by atoms with Gasteiger partial charge in [-0.25, -0.2) is 14.3 Å². The molecule has 0 aliphatic heterocycles. The number of hydrogen-bond acceptors (Lipinski definition) is 6. The summed E-state index contributed by atoms with van der Waals surface area (Å²) in [6.07, 6.45) is 6.16. The highest BCUT2D eigenvalue weighted by Crippen LogP contribution is 2.38. The molecule has 2 aromatic rings. The Labute approximate surface area is 160 Å². The molecule has 9 heteroatoms. The van der Waals surface area contributed by atoms with Crippen molar-refractivity contribution < 1.29 is 24.2 Å². The summed E-state index contributed by atoms with van der Waals surface area (Å²) in [6, 6.07) is 0.464. The maximum Gasteiger partial charge on any atom is 0.341 e. The molecule has 1 aliphatic rings. The predicted molar refractivity (Wildman–Crippen MR) is 99.4 cm³/mol. The zero-order valence-electron chi connectivity index (χ0n) is 15.2. The minimum atomic E-state index is -1.09. The van der Waals surface area contributed by atoms with Crippen LogP contribution in [0.2, 0.25) is 0 Å². The molecule has 0 aromatic carbocycles. The predicted octanol–water partition coefficient (Wildman–Crippen LogP) is 2.90. The van der Waals surface area contributed by atoms with Crippen molar-refractivity contribution in [1.29, 1.82) is 0 Å². The molecular weight excluding hydrogens is 370 g/mol. The van der Waals surface area contributed by atoms with E-state index in [-0.39, 0.29) is 5.69 Å². The molecule has 2 N–H and O–H groups in total. The maximum absolute atomic E-state index is 12.8. The Morgan fingerprint density at radius 2 is 2.04 bits per heavy atom. The number of rotatable bonds is 5. The average Bonchev–Trinajstić information content (AvgIpc) is 3.19. The van der Waals surface area contributed by atoms with Crippen molar-refractivity contribution in [3.05, 3.63) is 34.0 Å². The first-order valence-electron chi connectivity index (χ1n) is 8.74. The average molecular weight is 391 g/mol. The summed E-state index contributed by atoms with van der Waals surface area (Å²) in [5.74, 6) is -2.08. The van der Waals surface area contributed by atoms with Crippen molar-refractivity contribution in [1.82, 2.24) is 9.78 Å². The Bertz CT molecular complexity index is 886. The molecule has 8 nitrogen and oxygen atoms in total. The van der Waals surface area contributed by atoms with Crippen LogP contribution in [0.1, 0.15) is 63.5 Å². The molecule has 0 saturated heterocycles.